The topological polar surface area (TPSA) is 44.8 Å². The average Bonchev–Trinajstić information content (AvgIpc) is 2.78. The van der Waals surface area contributed by atoms with Crippen molar-refractivity contribution in [2.45, 2.75) is 0 Å². The van der Waals surface area contributed by atoms with Crippen molar-refractivity contribution in [2.24, 2.45) is 0 Å². The van der Waals surface area contributed by atoms with Crippen LogP contribution in [-0.4, -0.2) is 27.5 Å². The second-order valence-electron chi connectivity index (χ2n) is 6.24. The lowest BCUT2D eigenvalue weighted by molar-refractivity contribution is 0.372. The first kappa shape index (κ1) is 20.0. The monoisotopic (exact) mass is 395 g/mol. The summed E-state index contributed by atoms with van der Waals surface area (Å²) in [6, 6.07) is 22.8. The van der Waals surface area contributed by atoms with E-state index in [1.54, 1.807) is 33.5 Å². The first-order valence-corrected chi connectivity index (χ1v) is 10.8. The van der Waals surface area contributed by atoms with Gasteiger partial charge in [-0.15, -0.1) is 0 Å². The lowest BCUT2D eigenvalue weighted by Crippen LogP contribution is -2.19. The third-order valence-corrected chi connectivity index (χ3v) is 7.61. The zero-order valence-corrected chi connectivity index (χ0v) is 17.2. The first-order chi connectivity index (χ1) is 13.6. The molecule has 5 heteroatoms. The molecule has 0 fully saturated rings. The molecule has 0 saturated heterocycles. The third kappa shape index (κ3) is 4.07. The number of hydrogen-bond acceptors (Lipinski definition) is 4. The van der Waals surface area contributed by atoms with Gasteiger partial charge in [0.25, 0.3) is 0 Å². The van der Waals surface area contributed by atoms with Crippen LogP contribution in [0.15, 0.2) is 72.8 Å². The average molecular weight is 395 g/mol. The maximum Gasteiger partial charge on any atom is 0.143 e. The first-order valence-electron chi connectivity index (χ1n) is 8.96. The molecule has 0 amide bonds. The van der Waals surface area contributed by atoms with Crippen LogP contribution in [-0.2, 0) is 4.57 Å². The smallest absolute Gasteiger partial charge is 0.143 e. The summed E-state index contributed by atoms with van der Waals surface area (Å²) in [6.07, 6.45) is 2.28. The molecule has 0 aliphatic heterocycles. The SMILES string of the molecule is COc1cc(OC)c([CH]CP(=O)(c2ccccc2)c2ccccc2)c(OC)c1. The molecule has 0 aliphatic rings. The molecule has 3 aromatic rings. The summed E-state index contributed by atoms with van der Waals surface area (Å²) in [4.78, 5) is 0. The highest BCUT2D eigenvalue weighted by atomic mass is 31.2. The van der Waals surface area contributed by atoms with Gasteiger partial charge in [0.1, 0.15) is 24.4 Å². The van der Waals surface area contributed by atoms with Crippen molar-refractivity contribution >= 4 is 17.8 Å². The van der Waals surface area contributed by atoms with Gasteiger partial charge in [0.2, 0.25) is 0 Å². The Morgan fingerprint density at radius 3 is 1.61 bits per heavy atom. The lowest BCUT2D eigenvalue weighted by atomic mass is 10.1. The Balaban J connectivity index is 2.02. The number of ether oxygens (including phenoxy) is 3. The number of methoxy groups -OCH3 is 3. The molecular formula is C23H24O4P. The summed E-state index contributed by atoms with van der Waals surface area (Å²) in [5.41, 5.74) is 0.762. The van der Waals surface area contributed by atoms with Gasteiger partial charge in [-0.3, -0.25) is 0 Å². The minimum Gasteiger partial charge on any atom is -0.496 e. The summed E-state index contributed by atoms with van der Waals surface area (Å²) >= 11 is 0. The number of rotatable bonds is 8. The highest BCUT2D eigenvalue weighted by Crippen LogP contribution is 2.46. The molecule has 0 N–H and O–H groups in total. The van der Waals surface area contributed by atoms with E-state index in [2.05, 4.69) is 0 Å². The second kappa shape index (κ2) is 8.99. The van der Waals surface area contributed by atoms with Crippen LogP contribution in [0, 0.1) is 6.42 Å². The van der Waals surface area contributed by atoms with Gasteiger partial charge in [0, 0.05) is 40.9 Å². The van der Waals surface area contributed by atoms with Crippen LogP contribution in [0.1, 0.15) is 5.56 Å². The van der Waals surface area contributed by atoms with Gasteiger partial charge in [0.05, 0.1) is 21.3 Å². The highest BCUT2D eigenvalue weighted by molar-refractivity contribution is 7.78. The van der Waals surface area contributed by atoms with E-state index in [1.165, 1.54) is 0 Å². The molecule has 28 heavy (non-hydrogen) atoms. The van der Waals surface area contributed by atoms with Gasteiger partial charge in [-0.05, 0) is 0 Å². The van der Waals surface area contributed by atoms with Crippen LogP contribution in [0.5, 0.6) is 17.2 Å². The second-order valence-corrected chi connectivity index (χ2v) is 9.12. The Labute approximate surface area is 166 Å². The van der Waals surface area contributed by atoms with Crippen molar-refractivity contribution in [3.8, 4) is 17.2 Å². The fraction of sp³-hybridized carbons (Fsp3) is 0.174. The van der Waals surface area contributed by atoms with Crippen molar-refractivity contribution < 1.29 is 18.8 Å². The fourth-order valence-electron chi connectivity index (χ4n) is 3.15. The lowest BCUT2D eigenvalue weighted by Gasteiger charge is -2.21. The minimum atomic E-state index is -2.87. The Kier molecular flexibility index (Phi) is 6.43. The third-order valence-electron chi connectivity index (χ3n) is 4.65. The minimum absolute atomic E-state index is 0.347. The van der Waals surface area contributed by atoms with Gasteiger partial charge >= 0.3 is 0 Å². The Bertz CT molecular complexity index is 886. The zero-order valence-electron chi connectivity index (χ0n) is 16.3. The maximum atomic E-state index is 14.2. The molecule has 0 bridgehead atoms. The van der Waals surface area contributed by atoms with E-state index in [-0.39, 0.29) is 0 Å². The van der Waals surface area contributed by atoms with E-state index in [0.29, 0.717) is 23.4 Å². The van der Waals surface area contributed by atoms with Crippen molar-refractivity contribution in [2.75, 3.05) is 27.5 Å². The van der Waals surface area contributed by atoms with E-state index in [4.69, 9.17) is 14.2 Å². The van der Waals surface area contributed by atoms with E-state index in [0.717, 1.165) is 16.2 Å². The molecule has 0 heterocycles. The number of benzene rings is 3. The predicted molar refractivity (Wildman–Crippen MR) is 114 cm³/mol. The molecule has 1 radical (unpaired) electrons. The molecule has 3 aromatic carbocycles. The van der Waals surface area contributed by atoms with Crippen molar-refractivity contribution in [1.29, 1.82) is 0 Å². The maximum absolute atomic E-state index is 14.2. The van der Waals surface area contributed by atoms with E-state index in [1.807, 2.05) is 67.1 Å². The fourth-order valence-corrected chi connectivity index (χ4v) is 5.62. The van der Waals surface area contributed by atoms with Crippen LogP contribution in [0.2, 0.25) is 0 Å². The standard InChI is InChI=1S/C23H24O4P/c1-25-18-16-22(26-2)21(23(17-18)27-3)14-15-28(24,19-10-6-4-7-11-19)20-12-8-5-9-13-20/h4-14,16-17H,15H2,1-3H3. The van der Waals surface area contributed by atoms with Gasteiger partial charge < -0.3 is 18.8 Å². The molecule has 0 aliphatic carbocycles. The van der Waals surface area contributed by atoms with Crippen molar-refractivity contribution in [3.63, 3.8) is 0 Å². The summed E-state index contributed by atoms with van der Waals surface area (Å²) < 4.78 is 30.5. The quantitative estimate of drug-likeness (QED) is 0.534. The van der Waals surface area contributed by atoms with E-state index < -0.39 is 7.14 Å². The van der Waals surface area contributed by atoms with Gasteiger partial charge in [0.15, 0.2) is 0 Å². The molecule has 0 aromatic heterocycles. The zero-order chi connectivity index (χ0) is 20.0. The molecule has 0 unspecified atom stereocenters. The van der Waals surface area contributed by atoms with Crippen LogP contribution >= 0.6 is 7.14 Å². The number of hydrogen-bond donors (Lipinski definition) is 0. The van der Waals surface area contributed by atoms with Gasteiger partial charge in [-0.2, -0.15) is 0 Å². The van der Waals surface area contributed by atoms with Gasteiger partial charge in [-0.1, -0.05) is 60.7 Å². The van der Waals surface area contributed by atoms with Gasteiger partial charge in [-0.25, -0.2) is 0 Å². The highest BCUT2D eigenvalue weighted by Gasteiger charge is 2.28. The molecule has 0 atom stereocenters. The summed E-state index contributed by atoms with van der Waals surface area (Å²) in [6.45, 7) is 0. The molecule has 0 spiro atoms. The summed E-state index contributed by atoms with van der Waals surface area (Å²) in [7, 11) is 1.92. The molecule has 4 nitrogen and oxygen atoms in total. The molecule has 145 valence electrons. The largest absolute Gasteiger partial charge is 0.496 e. The van der Waals surface area contributed by atoms with Crippen LogP contribution in [0.3, 0.4) is 0 Å². The van der Waals surface area contributed by atoms with Crippen LogP contribution in [0.25, 0.3) is 0 Å². The Morgan fingerprint density at radius 1 is 0.750 bits per heavy atom. The van der Waals surface area contributed by atoms with E-state index >= 15 is 0 Å². The Hall–Kier alpha value is -2.71. The molecule has 0 saturated carbocycles. The Morgan fingerprint density at radius 2 is 1.21 bits per heavy atom. The normalized spacial score (nSPS) is 11.1. The van der Waals surface area contributed by atoms with Crippen LogP contribution < -0.4 is 24.8 Å². The molecule has 3 rings (SSSR count). The van der Waals surface area contributed by atoms with Crippen molar-refractivity contribution in [3.05, 3.63) is 84.8 Å². The summed E-state index contributed by atoms with van der Waals surface area (Å²) in [5.74, 6) is 1.87. The van der Waals surface area contributed by atoms with Crippen molar-refractivity contribution in [1.82, 2.24) is 0 Å². The predicted octanol–water partition coefficient (Wildman–Crippen LogP) is 4.28. The van der Waals surface area contributed by atoms with Crippen LogP contribution in [0.4, 0.5) is 0 Å². The van der Waals surface area contributed by atoms with E-state index in [9.17, 15) is 4.57 Å². The summed E-state index contributed by atoms with van der Waals surface area (Å²) in [5, 5.41) is 1.65. The molecular weight excluding hydrogens is 371 g/mol.